The fraction of sp³-hybridized carbons (Fsp3) is 0.556. The maximum atomic E-state index is 13.1. The summed E-state index contributed by atoms with van der Waals surface area (Å²) >= 11 is 0. The molecule has 1 aromatic heterocycles. The molecule has 1 heterocycles. The summed E-state index contributed by atoms with van der Waals surface area (Å²) in [4.78, 5) is 7.77. The van der Waals surface area contributed by atoms with Crippen LogP contribution in [0.1, 0.15) is 19.3 Å². The van der Waals surface area contributed by atoms with Crippen LogP contribution in [0.25, 0.3) is 0 Å². The second-order valence-electron chi connectivity index (χ2n) is 3.15. The van der Waals surface area contributed by atoms with Gasteiger partial charge in [0, 0.05) is 12.4 Å². The molecule has 70 valence electrons. The zero-order valence-electron chi connectivity index (χ0n) is 7.19. The second-order valence-corrected chi connectivity index (χ2v) is 3.15. The van der Waals surface area contributed by atoms with Gasteiger partial charge in [-0.25, -0.2) is 9.37 Å². The van der Waals surface area contributed by atoms with E-state index in [1.54, 1.807) is 6.20 Å². The lowest BCUT2D eigenvalue weighted by Crippen LogP contribution is -2.22. The molecule has 1 saturated carbocycles. The molecule has 0 aliphatic heterocycles. The van der Waals surface area contributed by atoms with E-state index in [9.17, 15) is 4.39 Å². The third kappa shape index (κ3) is 1.94. The molecule has 0 amide bonds. The third-order valence-electron chi connectivity index (χ3n) is 2.18. The van der Waals surface area contributed by atoms with E-state index in [0.717, 1.165) is 12.8 Å². The molecule has 3 nitrogen and oxygen atoms in total. The highest BCUT2D eigenvalue weighted by atomic mass is 19.1. The number of halogens is 1. The minimum Gasteiger partial charge on any atom is -0.470 e. The number of rotatable bonds is 2. The smallest absolute Gasteiger partial charge is 0.232 e. The molecule has 0 saturated heterocycles. The standard InChI is InChI=1S/C9H11FN2O/c10-7-2-1-3-8(7)13-9-6-11-4-5-12-9/h4-8H,1-3H2/t7-,8-/m1/s1. The second kappa shape index (κ2) is 3.68. The maximum Gasteiger partial charge on any atom is 0.232 e. The van der Waals surface area contributed by atoms with Crippen LogP contribution in [0, 0.1) is 0 Å². The van der Waals surface area contributed by atoms with Crippen molar-refractivity contribution in [2.45, 2.75) is 31.5 Å². The first-order chi connectivity index (χ1) is 6.36. The fourth-order valence-corrected chi connectivity index (χ4v) is 1.51. The molecule has 13 heavy (non-hydrogen) atoms. The van der Waals surface area contributed by atoms with Crippen LogP contribution in [0.15, 0.2) is 18.6 Å². The van der Waals surface area contributed by atoms with Crippen molar-refractivity contribution in [2.75, 3.05) is 0 Å². The number of alkyl halides is 1. The van der Waals surface area contributed by atoms with Gasteiger partial charge in [-0.05, 0) is 19.3 Å². The van der Waals surface area contributed by atoms with Gasteiger partial charge < -0.3 is 4.74 Å². The van der Waals surface area contributed by atoms with E-state index in [0.29, 0.717) is 12.3 Å². The molecule has 0 aromatic carbocycles. The quantitative estimate of drug-likeness (QED) is 0.698. The number of aromatic nitrogens is 2. The summed E-state index contributed by atoms with van der Waals surface area (Å²) in [5.74, 6) is 0.414. The first-order valence-corrected chi connectivity index (χ1v) is 4.43. The van der Waals surface area contributed by atoms with Crippen LogP contribution in [0.5, 0.6) is 5.88 Å². The Labute approximate surface area is 76.0 Å². The zero-order valence-corrected chi connectivity index (χ0v) is 7.19. The van der Waals surface area contributed by atoms with Crippen LogP contribution < -0.4 is 4.74 Å². The van der Waals surface area contributed by atoms with Crippen molar-refractivity contribution < 1.29 is 9.13 Å². The molecule has 1 fully saturated rings. The number of nitrogens with zero attached hydrogens (tertiary/aromatic N) is 2. The van der Waals surface area contributed by atoms with Crippen LogP contribution in [-0.2, 0) is 0 Å². The van der Waals surface area contributed by atoms with Gasteiger partial charge in [0.1, 0.15) is 12.3 Å². The monoisotopic (exact) mass is 182 g/mol. The zero-order chi connectivity index (χ0) is 9.10. The molecule has 0 spiro atoms. The van der Waals surface area contributed by atoms with Crippen molar-refractivity contribution in [1.82, 2.24) is 9.97 Å². The molecule has 1 aromatic rings. The normalized spacial score (nSPS) is 27.5. The van der Waals surface area contributed by atoms with Crippen LogP contribution in [0.4, 0.5) is 4.39 Å². The predicted octanol–water partition coefficient (Wildman–Crippen LogP) is 1.75. The molecular weight excluding hydrogens is 171 g/mol. The summed E-state index contributed by atoms with van der Waals surface area (Å²) in [6, 6.07) is 0. The number of hydrogen-bond donors (Lipinski definition) is 0. The minimum absolute atomic E-state index is 0.323. The van der Waals surface area contributed by atoms with E-state index < -0.39 is 6.17 Å². The molecule has 0 radical (unpaired) electrons. The van der Waals surface area contributed by atoms with Gasteiger partial charge in [-0.2, -0.15) is 0 Å². The first-order valence-electron chi connectivity index (χ1n) is 4.43. The Morgan fingerprint density at radius 2 is 2.31 bits per heavy atom. The van der Waals surface area contributed by atoms with Crippen molar-refractivity contribution in [2.24, 2.45) is 0 Å². The molecule has 1 aliphatic carbocycles. The Balaban J connectivity index is 1.98. The highest BCUT2D eigenvalue weighted by molar-refractivity contribution is 5.03. The Morgan fingerprint density at radius 1 is 1.38 bits per heavy atom. The molecular formula is C9H11FN2O. The summed E-state index contributed by atoms with van der Waals surface area (Å²) < 4.78 is 18.4. The Kier molecular flexibility index (Phi) is 2.38. The number of ether oxygens (including phenoxy) is 1. The van der Waals surface area contributed by atoms with E-state index >= 15 is 0 Å². The maximum absolute atomic E-state index is 13.1. The lowest BCUT2D eigenvalue weighted by molar-refractivity contribution is 0.120. The molecule has 4 heteroatoms. The molecule has 0 bridgehead atoms. The Hall–Kier alpha value is -1.19. The SMILES string of the molecule is F[C@@H]1CCC[C@H]1Oc1cnccn1. The van der Waals surface area contributed by atoms with Gasteiger partial charge in [0.25, 0.3) is 0 Å². The van der Waals surface area contributed by atoms with E-state index in [-0.39, 0.29) is 6.10 Å². The van der Waals surface area contributed by atoms with Gasteiger partial charge in [0.05, 0.1) is 6.20 Å². The van der Waals surface area contributed by atoms with Crippen molar-refractivity contribution >= 4 is 0 Å². The predicted molar refractivity (Wildman–Crippen MR) is 45.2 cm³/mol. The van der Waals surface area contributed by atoms with Crippen molar-refractivity contribution in [1.29, 1.82) is 0 Å². The summed E-state index contributed by atoms with van der Waals surface area (Å²) in [6.07, 6.45) is 5.71. The summed E-state index contributed by atoms with van der Waals surface area (Å²) in [6.45, 7) is 0. The van der Waals surface area contributed by atoms with Gasteiger partial charge in [-0.1, -0.05) is 0 Å². The highest BCUT2D eigenvalue weighted by Gasteiger charge is 2.28. The van der Waals surface area contributed by atoms with Crippen LogP contribution in [0.3, 0.4) is 0 Å². The van der Waals surface area contributed by atoms with Gasteiger partial charge in [-0.15, -0.1) is 0 Å². The molecule has 2 rings (SSSR count). The van der Waals surface area contributed by atoms with Crippen molar-refractivity contribution in [3.05, 3.63) is 18.6 Å². The Bertz CT molecular complexity index is 268. The topological polar surface area (TPSA) is 35.0 Å². The van der Waals surface area contributed by atoms with Crippen LogP contribution in [0.2, 0.25) is 0 Å². The third-order valence-corrected chi connectivity index (χ3v) is 2.18. The van der Waals surface area contributed by atoms with Crippen LogP contribution in [-0.4, -0.2) is 22.2 Å². The van der Waals surface area contributed by atoms with Gasteiger partial charge in [0.15, 0.2) is 0 Å². The Morgan fingerprint density at radius 3 is 2.92 bits per heavy atom. The van der Waals surface area contributed by atoms with E-state index in [1.807, 2.05) is 0 Å². The van der Waals surface area contributed by atoms with Crippen LogP contribution >= 0.6 is 0 Å². The summed E-state index contributed by atoms with van der Waals surface area (Å²) in [7, 11) is 0. The summed E-state index contributed by atoms with van der Waals surface area (Å²) in [5.41, 5.74) is 0. The van der Waals surface area contributed by atoms with Gasteiger partial charge >= 0.3 is 0 Å². The average molecular weight is 182 g/mol. The number of hydrogen-bond acceptors (Lipinski definition) is 3. The average Bonchev–Trinajstić information content (AvgIpc) is 2.54. The molecule has 0 unspecified atom stereocenters. The fourth-order valence-electron chi connectivity index (χ4n) is 1.51. The highest BCUT2D eigenvalue weighted by Crippen LogP contribution is 2.25. The van der Waals surface area contributed by atoms with Crippen molar-refractivity contribution in [3.8, 4) is 5.88 Å². The lowest BCUT2D eigenvalue weighted by atomic mass is 10.3. The van der Waals surface area contributed by atoms with E-state index in [2.05, 4.69) is 9.97 Å². The van der Waals surface area contributed by atoms with E-state index in [4.69, 9.17) is 4.74 Å². The van der Waals surface area contributed by atoms with E-state index in [1.165, 1.54) is 12.4 Å². The lowest BCUT2D eigenvalue weighted by Gasteiger charge is -2.13. The molecule has 2 atom stereocenters. The molecule has 1 aliphatic rings. The minimum atomic E-state index is -0.845. The van der Waals surface area contributed by atoms with Gasteiger partial charge in [0.2, 0.25) is 5.88 Å². The van der Waals surface area contributed by atoms with Gasteiger partial charge in [-0.3, -0.25) is 4.98 Å². The first kappa shape index (κ1) is 8.41. The summed E-state index contributed by atoms with van der Waals surface area (Å²) in [5, 5.41) is 0. The molecule has 0 N–H and O–H groups in total. The van der Waals surface area contributed by atoms with Crippen molar-refractivity contribution in [3.63, 3.8) is 0 Å². The largest absolute Gasteiger partial charge is 0.470 e.